The maximum Gasteiger partial charge on any atom is 0.126 e. The number of pyridine rings is 1. The molecule has 3 rings (SSSR count). The molecule has 100 valence electrons. The Morgan fingerprint density at radius 1 is 1.10 bits per heavy atom. The van der Waals surface area contributed by atoms with Gasteiger partial charge in [-0.15, -0.1) is 0 Å². The van der Waals surface area contributed by atoms with Gasteiger partial charge in [0.1, 0.15) is 5.82 Å². The molecule has 3 heteroatoms. The lowest BCUT2D eigenvalue weighted by atomic mass is 10.1. The van der Waals surface area contributed by atoms with Crippen LogP contribution in [0, 0.1) is 12.7 Å². The fourth-order valence-electron chi connectivity index (χ4n) is 2.27. The summed E-state index contributed by atoms with van der Waals surface area (Å²) >= 11 is 0. The quantitative estimate of drug-likeness (QED) is 0.764. The summed E-state index contributed by atoms with van der Waals surface area (Å²) in [5, 5.41) is 4.48. The molecule has 1 N–H and O–H groups in total. The highest BCUT2D eigenvalue weighted by molar-refractivity contribution is 5.91. The van der Waals surface area contributed by atoms with E-state index in [1.165, 1.54) is 6.07 Å². The molecule has 0 saturated carbocycles. The van der Waals surface area contributed by atoms with Crippen molar-refractivity contribution in [1.29, 1.82) is 0 Å². The topological polar surface area (TPSA) is 24.9 Å². The average molecular weight is 266 g/mol. The molecule has 0 radical (unpaired) electrons. The number of halogens is 1. The Labute approximate surface area is 117 Å². The van der Waals surface area contributed by atoms with Gasteiger partial charge < -0.3 is 5.32 Å². The van der Waals surface area contributed by atoms with Gasteiger partial charge in [-0.05, 0) is 48.4 Å². The molecule has 20 heavy (non-hydrogen) atoms. The van der Waals surface area contributed by atoms with Crippen molar-refractivity contribution in [2.75, 3.05) is 5.32 Å². The highest BCUT2D eigenvalue weighted by Gasteiger charge is 2.02. The van der Waals surface area contributed by atoms with Crippen LogP contribution < -0.4 is 5.32 Å². The summed E-state index contributed by atoms with van der Waals surface area (Å²) in [7, 11) is 0. The van der Waals surface area contributed by atoms with Gasteiger partial charge >= 0.3 is 0 Å². The maximum atomic E-state index is 13.2. The van der Waals surface area contributed by atoms with E-state index in [1.807, 2.05) is 36.4 Å². The van der Waals surface area contributed by atoms with Crippen LogP contribution in [0.2, 0.25) is 0 Å². The van der Waals surface area contributed by atoms with E-state index in [1.54, 1.807) is 19.2 Å². The molecule has 0 aliphatic rings. The minimum Gasteiger partial charge on any atom is -0.380 e. The van der Waals surface area contributed by atoms with E-state index in [2.05, 4.69) is 10.3 Å². The fourth-order valence-corrected chi connectivity index (χ4v) is 2.27. The Hall–Kier alpha value is -2.42. The summed E-state index contributed by atoms with van der Waals surface area (Å²) in [6.45, 7) is 2.44. The van der Waals surface area contributed by atoms with Crippen molar-refractivity contribution in [2.24, 2.45) is 0 Å². The van der Waals surface area contributed by atoms with Crippen molar-refractivity contribution < 1.29 is 4.39 Å². The third-order valence-corrected chi connectivity index (χ3v) is 3.35. The van der Waals surface area contributed by atoms with Gasteiger partial charge in [-0.25, -0.2) is 4.39 Å². The molecule has 0 bridgehead atoms. The Kier molecular flexibility index (Phi) is 3.33. The number of hydrogen-bond acceptors (Lipinski definition) is 2. The number of hydrogen-bond donors (Lipinski definition) is 1. The predicted octanol–water partition coefficient (Wildman–Crippen LogP) is 4.29. The monoisotopic (exact) mass is 266 g/mol. The first kappa shape index (κ1) is 12.6. The van der Waals surface area contributed by atoms with Gasteiger partial charge in [-0.2, -0.15) is 0 Å². The first-order valence-electron chi connectivity index (χ1n) is 6.57. The van der Waals surface area contributed by atoms with Gasteiger partial charge in [0.2, 0.25) is 0 Å². The smallest absolute Gasteiger partial charge is 0.126 e. The molecule has 1 aromatic heterocycles. The van der Waals surface area contributed by atoms with Gasteiger partial charge in [0.15, 0.2) is 0 Å². The summed E-state index contributed by atoms with van der Waals surface area (Å²) < 4.78 is 13.2. The van der Waals surface area contributed by atoms with E-state index >= 15 is 0 Å². The second-order valence-electron chi connectivity index (χ2n) is 4.81. The Morgan fingerprint density at radius 2 is 2.00 bits per heavy atom. The van der Waals surface area contributed by atoms with Crippen LogP contribution in [0.15, 0.2) is 54.7 Å². The van der Waals surface area contributed by atoms with Crippen LogP contribution in [0.3, 0.4) is 0 Å². The average Bonchev–Trinajstić information content (AvgIpc) is 2.48. The summed E-state index contributed by atoms with van der Waals surface area (Å²) in [6, 6.07) is 15.1. The van der Waals surface area contributed by atoms with Crippen molar-refractivity contribution >= 4 is 16.6 Å². The van der Waals surface area contributed by atoms with Crippen LogP contribution in [-0.2, 0) is 6.54 Å². The van der Waals surface area contributed by atoms with E-state index < -0.39 is 0 Å². The normalized spacial score (nSPS) is 10.7. The van der Waals surface area contributed by atoms with E-state index in [-0.39, 0.29) is 5.82 Å². The minimum atomic E-state index is -0.164. The fraction of sp³-hybridized carbons (Fsp3) is 0.118. The molecule has 2 aromatic carbocycles. The number of nitrogens with zero attached hydrogens (tertiary/aromatic N) is 1. The first-order valence-corrected chi connectivity index (χ1v) is 6.57. The zero-order valence-electron chi connectivity index (χ0n) is 11.2. The molecule has 1 heterocycles. The molecule has 0 saturated heterocycles. The van der Waals surface area contributed by atoms with Gasteiger partial charge in [-0.3, -0.25) is 4.98 Å². The number of fused-ring (bicyclic) bond motifs is 1. The number of aromatic nitrogens is 1. The zero-order chi connectivity index (χ0) is 13.9. The van der Waals surface area contributed by atoms with E-state index in [0.717, 1.165) is 22.2 Å². The lowest BCUT2D eigenvalue weighted by Crippen LogP contribution is -2.01. The van der Waals surface area contributed by atoms with Crippen molar-refractivity contribution in [2.45, 2.75) is 13.5 Å². The largest absolute Gasteiger partial charge is 0.380 e. The lowest BCUT2D eigenvalue weighted by Gasteiger charge is -2.10. The van der Waals surface area contributed by atoms with Crippen molar-refractivity contribution in [3.8, 4) is 0 Å². The van der Waals surface area contributed by atoms with E-state index in [9.17, 15) is 4.39 Å². The molecule has 0 spiro atoms. The molecule has 0 aliphatic carbocycles. The van der Waals surface area contributed by atoms with Gasteiger partial charge in [-0.1, -0.05) is 18.2 Å². The third-order valence-electron chi connectivity index (χ3n) is 3.35. The molecular weight excluding hydrogens is 251 g/mol. The van der Waals surface area contributed by atoms with Crippen molar-refractivity contribution in [3.63, 3.8) is 0 Å². The van der Waals surface area contributed by atoms with E-state index in [0.29, 0.717) is 12.1 Å². The van der Waals surface area contributed by atoms with Crippen LogP contribution in [0.25, 0.3) is 10.9 Å². The molecule has 0 fully saturated rings. The highest BCUT2D eigenvalue weighted by atomic mass is 19.1. The summed E-state index contributed by atoms with van der Waals surface area (Å²) in [4.78, 5) is 4.33. The summed E-state index contributed by atoms with van der Waals surface area (Å²) in [5.41, 5.74) is 3.74. The molecule has 2 nitrogen and oxygen atoms in total. The number of nitrogens with one attached hydrogen (secondary N) is 1. The zero-order valence-corrected chi connectivity index (χ0v) is 11.2. The lowest BCUT2D eigenvalue weighted by molar-refractivity contribution is 0.617. The molecular formula is C17H15FN2. The molecule has 0 atom stereocenters. The molecule has 0 aliphatic heterocycles. The van der Waals surface area contributed by atoms with Crippen LogP contribution >= 0.6 is 0 Å². The number of aryl methyl sites for hydroxylation is 1. The Balaban J connectivity index is 1.85. The molecule has 0 unspecified atom stereocenters. The molecule has 3 aromatic rings. The number of benzene rings is 2. The van der Waals surface area contributed by atoms with Gasteiger partial charge in [0.25, 0.3) is 0 Å². The van der Waals surface area contributed by atoms with Crippen LogP contribution in [-0.4, -0.2) is 4.98 Å². The number of rotatable bonds is 3. The molecule has 0 amide bonds. The second-order valence-corrected chi connectivity index (χ2v) is 4.81. The maximum absolute atomic E-state index is 13.2. The van der Waals surface area contributed by atoms with Crippen molar-refractivity contribution in [3.05, 3.63) is 71.7 Å². The van der Waals surface area contributed by atoms with Crippen LogP contribution in [0.5, 0.6) is 0 Å². The number of anilines is 1. The van der Waals surface area contributed by atoms with Crippen LogP contribution in [0.4, 0.5) is 10.1 Å². The summed E-state index contributed by atoms with van der Waals surface area (Å²) in [5.74, 6) is -0.164. The first-order chi connectivity index (χ1) is 9.74. The Morgan fingerprint density at radius 3 is 2.85 bits per heavy atom. The third kappa shape index (κ3) is 2.48. The van der Waals surface area contributed by atoms with Crippen molar-refractivity contribution in [1.82, 2.24) is 4.98 Å². The van der Waals surface area contributed by atoms with Crippen LogP contribution in [0.1, 0.15) is 11.1 Å². The predicted molar refractivity (Wildman–Crippen MR) is 80.2 cm³/mol. The van der Waals surface area contributed by atoms with Gasteiger partial charge in [0, 0.05) is 23.8 Å². The van der Waals surface area contributed by atoms with E-state index in [4.69, 9.17) is 0 Å². The standard InChI is InChI=1S/C17H15FN2/c1-12-10-13(7-8-15(12)18)11-20-17-6-2-5-16-14(17)4-3-9-19-16/h2-10,20H,11H2,1H3. The summed E-state index contributed by atoms with van der Waals surface area (Å²) in [6.07, 6.45) is 1.79. The van der Waals surface area contributed by atoms with Gasteiger partial charge in [0.05, 0.1) is 5.52 Å². The highest BCUT2D eigenvalue weighted by Crippen LogP contribution is 2.22. The Bertz CT molecular complexity index is 748. The SMILES string of the molecule is Cc1cc(CNc2cccc3ncccc23)ccc1F. The minimum absolute atomic E-state index is 0.164. The second kappa shape index (κ2) is 5.29.